The Labute approximate surface area is 113 Å². The highest BCUT2D eigenvalue weighted by atomic mass is 16.5. The van der Waals surface area contributed by atoms with Crippen molar-refractivity contribution in [1.82, 2.24) is 10.3 Å². The quantitative estimate of drug-likeness (QED) is 0.914. The summed E-state index contributed by atoms with van der Waals surface area (Å²) in [6.45, 7) is 2.00. The van der Waals surface area contributed by atoms with Gasteiger partial charge in [0, 0.05) is 18.3 Å². The van der Waals surface area contributed by atoms with Gasteiger partial charge < -0.3 is 10.1 Å². The number of hydrogen-bond donors (Lipinski definition) is 1. The van der Waals surface area contributed by atoms with E-state index in [-0.39, 0.29) is 12.1 Å². The molecule has 19 heavy (non-hydrogen) atoms. The highest BCUT2D eigenvalue weighted by Crippen LogP contribution is 2.33. The minimum absolute atomic E-state index is 0.131. The van der Waals surface area contributed by atoms with Gasteiger partial charge in [-0.25, -0.2) is 0 Å². The van der Waals surface area contributed by atoms with Crippen LogP contribution in [0.3, 0.4) is 0 Å². The van der Waals surface area contributed by atoms with Gasteiger partial charge in [0.15, 0.2) is 0 Å². The average molecular weight is 254 g/mol. The molecule has 0 fully saturated rings. The summed E-state index contributed by atoms with van der Waals surface area (Å²) in [5.41, 5.74) is 3.49. The van der Waals surface area contributed by atoms with Crippen molar-refractivity contribution in [3.05, 3.63) is 59.4 Å². The molecule has 3 nitrogen and oxygen atoms in total. The van der Waals surface area contributed by atoms with Gasteiger partial charge in [0.2, 0.25) is 0 Å². The zero-order chi connectivity index (χ0) is 13.2. The van der Waals surface area contributed by atoms with Gasteiger partial charge in [-0.1, -0.05) is 24.3 Å². The van der Waals surface area contributed by atoms with Crippen molar-refractivity contribution in [3.8, 4) is 5.75 Å². The lowest BCUT2D eigenvalue weighted by molar-refractivity contribution is 0.183. The van der Waals surface area contributed by atoms with E-state index in [1.165, 1.54) is 11.1 Å². The molecule has 2 unspecified atom stereocenters. The fraction of sp³-hybridized carbons (Fsp3) is 0.312. The maximum absolute atomic E-state index is 6.05. The summed E-state index contributed by atoms with van der Waals surface area (Å²) in [5, 5.41) is 3.35. The second-order valence-electron chi connectivity index (χ2n) is 4.97. The Balaban J connectivity index is 1.83. The average Bonchev–Trinajstić information content (AvgIpc) is 2.85. The number of ether oxygens (including phenoxy) is 1. The summed E-state index contributed by atoms with van der Waals surface area (Å²) in [7, 11) is 1.97. The van der Waals surface area contributed by atoms with E-state index >= 15 is 0 Å². The molecule has 3 heteroatoms. The summed E-state index contributed by atoms with van der Waals surface area (Å²) in [6, 6.07) is 12.6. The van der Waals surface area contributed by atoms with Crippen LogP contribution in [0.25, 0.3) is 0 Å². The SMILES string of the molecule is CNC(c1ccc(C)nc1)C1Cc2ccccc2O1. The lowest BCUT2D eigenvalue weighted by Crippen LogP contribution is -2.32. The maximum Gasteiger partial charge on any atom is 0.123 e. The molecule has 1 aliphatic rings. The summed E-state index contributed by atoms with van der Waals surface area (Å²) in [5.74, 6) is 1.01. The first-order chi connectivity index (χ1) is 9.28. The van der Waals surface area contributed by atoms with Gasteiger partial charge in [0.25, 0.3) is 0 Å². The van der Waals surface area contributed by atoms with Gasteiger partial charge in [-0.15, -0.1) is 0 Å². The van der Waals surface area contributed by atoms with Gasteiger partial charge in [0.05, 0.1) is 6.04 Å². The molecule has 0 aliphatic carbocycles. The fourth-order valence-electron chi connectivity index (χ4n) is 2.63. The molecule has 1 aliphatic heterocycles. The number of likely N-dealkylation sites (N-methyl/N-ethyl adjacent to an activating group) is 1. The number of rotatable bonds is 3. The highest BCUT2D eigenvalue weighted by molar-refractivity contribution is 5.38. The van der Waals surface area contributed by atoms with Gasteiger partial charge >= 0.3 is 0 Å². The molecule has 2 heterocycles. The van der Waals surface area contributed by atoms with Crippen molar-refractivity contribution in [2.75, 3.05) is 7.05 Å². The van der Waals surface area contributed by atoms with Crippen LogP contribution in [-0.4, -0.2) is 18.1 Å². The Hall–Kier alpha value is -1.87. The summed E-state index contributed by atoms with van der Waals surface area (Å²) in [4.78, 5) is 4.37. The first kappa shape index (κ1) is 12.2. The molecular formula is C16H18N2O. The van der Waals surface area contributed by atoms with Crippen LogP contribution < -0.4 is 10.1 Å². The van der Waals surface area contributed by atoms with Crippen molar-refractivity contribution in [1.29, 1.82) is 0 Å². The van der Waals surface area contributed by atoms with Crippen LogP contribution in [-0.2, 0) is 6.42 Å². The summed E-state index contributed by atoms with van der Waals surface area (Å²) < 4.78 is 6.05. The van der Waals surface area contributed by atoms with Crippen LogP contribution in [0.5, 0.6) is 5.75 Å². The molecule has 98 valence electrons. The Morgan fingerprint density at radius 2 is 2.11 bits per heavy atom. The third-order valence-electron chi connectivity index (χ3n) is 3.65. The van der Waals surface area contributed by atoms with E-state index in [0.717, 1.165) is 17.9 Å². The topological polar surface area (TPSA) is 34.2 Å². The number of benzene rings is 1. The molecule has 1 aromatic heterocycles. The molecule has 1 N–H and O–H groups in total. The first-order valence-electron chi connectivity index (χ1n) is 6.62. The minimum atomic E-state index is 0.131. The van der Waals surface area contributed by atoms with E-state index in [2.05, 4.69) is 28.5 Å². The van der Waals surface area contributed by atoms with Gasteiger partial charge in [-0.05, 0) is 37.2 Å². The molecule has 0 amide bonds. The van der Waals surface area contributed by atoms with Gasteiger partial charge in [-0.2, -0.15) is 0 Å². The number of aryl methyl sites for hydroxylation is 1. The second kappa shape index (κ2) is 5.02. The van der Waals surface area contributed by atoms with Crippen LogP contribution in [0.4, 0.5) is 0 Å². The molecular weight excluding hydrogens is 236 g/mol. The van der Waals surface area contributed by atoms with Crippen molar-refractivity contribution < 1.29 is 4.74 Å². The number of para-hydroxylation sites is 1. The number of nitrogens with zero attached hydrogens (tertiary/aromatic N) is 1. The third kappa shape index (κ3) is 2.34. The number of hydrogen-bond acceptors (Lipinski definition) is 3. The molecule has 0 saturated carbocycles. The zero-order valence-electron chi connectivity index (χ0n) is 11.3. The summed E-state index contributed by atoms with van der Waals surface area (Å²) in [6.07, 6.45) is 3.00. The first-order valence-corrected chi connectivity index (χ1v) is 6.62. The predicted octanol–water partition coefficient (Wildman–Crippen LogP) is 2.65. The van der Waals surface area contributed by atoms with Crippen LogP contribution in [0.2, 0.25) is 0 Å². The zero-order valence-corrected chi connectivity index (χ0v) is 11.3. The van der Waals surface area contributed by atoms with Crippen LogP contribution in [0, 0.1) is 6.92 Å². The normalized spacial score (nSPS) is 18.7. The largest absolute Gasteiger partial charge is 0.488 e. The number of nitrogens with one attached hydrogen (secondary N) is 1. The fourth-order valence-corrected chi connectivity index (χ4v) is 2.63. The molecule has 0 radical (unpaired) electrons. The van der Waals surface area contributed by atoms with E-state index in [0.29, 0.717) is 0 Å². The molecule has 0 spiro atoms. The Morgan fingerprint density at radius 1 is 1.26 bits per heavy atom. The third-order valence-corrected chi connectivity index (χ3v) is 3.65. The predicted molar refractivity (Wildman–Crippen MR) is 75.3 cm³/mol. The Kier molecular flexibility index (Phi) is 3.22. The highest BCUT2D eigenvalue weighted by Gasteiger charge is 2.30. The molecule has 0 saturated heterocycles. The van der Waals surface area contributed by atoms with Crippen molar-refractivity contribution in [2.24, 2.45) is 0 Å². The minimum Gasteiger partial charge on any atom is -0.488 e. The molecule has 2 aromatic rings. The Bertz CT molecular complexity index is 540. The van der Waals surface area contributed by atoms with Crippen LogP contribution in [0.1, 0.15) is 22.9 Å². The smallest absolute Gasteiger partial charge is 0.123 e. The van der Waals surface area contributed by atoms with E-state index in [4.69, 9.17) is 4.74 Å². The standard InChI is InChI=1S/C16H18N2O/c1-11-7-8-13(10-18-11)16(17-2)15-9-12-5-3-4-6-14(12)19-15/h3-8,10,15-17H,9H2,1-2H3. The van der Waals surface area contributed by atoms with E-state index in [9.17, 15) is 0 Å². The number of fused-ring (bicyclic) bond motifs is 1. The van der Waals surface area contributed by atoms with Gasteiger partial charge in [-0.3, -0.25) is 4.98 Å². The summed E-state index contributed by atoms with van der Waals surface area (Å²) >= 11 is 0. The van der Waals surface area contributed by atoms with E-state index < -0.39 is 0 Å². The van der Waals surface area contributed by atoms with Crippen LogP contribution >= 0.6 is 0 Å². The van der Waals surface area contributed by atoms with Gasteiger partial charge in [0.1, 0.15) is 11.9 Å². The van der Waals surface area contributed by atoms with Crippen molar-refractivity contribution >= 4 is 0 Å². The molecule has 3 rings (SSSR count). The van der Waals surface area contributed by atoms with E-state index in [1.807, 2.05) is 38.4 Å². The number of aromatic nitrogens is 1. The number of pyridine rings is 1. The van der Waals surface area contributed by atoms with Crippen molar-refractivity contribution in [3.63, 3.8) is 0 Å². The lowest BCUT2D eigenvalue weighted by Gasteiger charge is -2.23. The molecule has 2 atom stereocenters. The van der Waals surface area contributed by atoms with E-state index in [1.54, 1.807) is 0 Å². The lowest BCUT2D eigenvalue weighted by atomic mass is 9.99. The van der Waals surface area contributed by atoms with Crippen LogP contribution in [0.15, 0.2) is 42.6 Å². The maximum atomic E-state index is 6.05. The second-order valence-corrected chi connectivity index (χ2v) is 4.97. The Morgan fingerprint density at radius 3 is 2.79 bits per heavy atom. The molecule has 0 bridgehead atoms. The van der Waals surface area contributed by atoms with Crippen molar-refractivity contribution in [2.45, 2.75) is 25.5 Å². The molecule has 1 aromatic carbocycles. The monoisotopic (exact) mass is 254 g/mol.